The molecule has 4 N–H and O–H groups in total. The van der Waals surface area contributed by atoms with Crippen LogP contribution in [0.3, 0.4) is 0 Å². The summed E-state index contributed by atoms with van der Waals surface area (Å²) in [7, 11) is 0. The van der Waals surface area contributed by atoms with Crippen LogP contribution in [0.25, 0.3) is 0 Å². The van der Waals surface area contributed by atoms with Crippen molar-refractivity contribution >= 4 is 0 Å². The molecular weight excluding hydrogens is 168 g/mol. The molecule has 0 heterocycles. The fraction of sp³-hybridized carbons (Fsp3) is 1.00. The highest BCUT2D eigenvalue weighted by atomic mass is 16.3. The first kappa shape index (κ1) is 12.8. The third kappa shape index (κ3) is 5.99. The number of nitrogens with two attached hydrogens (primary N) is 1. The van der Waals surface area contributed by atoms with Gasteiger partial charge in [-0.2, -0.15) is 0 Å². The Morgan fingerprint density at radius 2 is 1.77 bits per heavy atom. The quantitative estimate of drug-likeness (QED) is 0.462. The largest absolute Gasteiger partial charge is 0.395 e. The number of aliphatic hydroxyl groups is 2. The minimum absolute atomic E-state index is 0.0285. The Balaban J connectivity index is 3.72. The SMILES string of the molecule is CCCCC(N)N(CCO)CCO. The van der Waals surface area contributed by atoms with E-state index in [1.54, 1.807) is 0 Å². The molecule has 4 heteroatoms. The van der Waals surface area contributed by atoms with Crippen molar-refractivity contribution in [2.24, 2.45) is 5.73 Å². The monoisotopic (exact) mass is 190 g/mol. The first-order chi connectivity index (χ1) is 6.26. The van der Waals surface area contributed by atoms with Crippen LogP contribution in [0.4, 0.5) is 0 Å². The summed E-state index contributed by atoms with van der Waals surface area (Å²) in [5.41, 5.74) is 5.88. The van der Waals surface area contributed by atoms with Crippen LogP contribution in [0.2, 0.25) is 0 Å². The third-order valence-electron chi connectivity index (χ3n) is 2.10. The van der Waals surface area contributed by atoms with Gasteiger partial charge in [-0.25, -0.2) is 0 Å². The normalized spacial score (nSPS) is 13.6. The van der Waals surface area contributed by atoms with Gasteiger partial charge in [-0.15, -0.1) is 0 Å². The second-order valence-electron chi connectivity index (χ2n) is 3.19. The van der Waals surface area contributed by atoms with Gasteiger partial charge in [-0.3, -0.25) is 4.90 Å². The van der Waals surface area contributed by atoms with Gasteiger partial charge in [-0.1, -0.05) is 19.8 Å². The lowest BCUT2D eigenvalue weighted by molar-refractivity contribution is 0.118. The minimum atomic E-state index is -0.0285. The van der Waals surface area contributed by atoms with Gasteiger partial charge in [0, 0.05) is 13.1 Å². The van der Waals surface area contributed by atoms with Crippen LogP contribution in [0.5, 0.6) is 0 Å². The van der Waals surface area contributed by atoms with Crippen molar-refractivity contribution < 1.29 is 10.2 Å². The molecule has 0 aromatic heterocycles. The lowest BCUT2D eigenvalue weighted by Gasteiger charge is -2.27. The van der Waals surface area contributed by atoms with E-state index in [1.165, 1.54) is 0 Å². The zero-order valence-electron chi connectivity index (χ0n) is 8.45. The minimum Gasteiger partial charge on any atom is -0.395 e. The van der Waals surface area contributed by atoms with Crippen LogP contribution in [-0.2, 0) is 0 Å². The van der Waals surface area contributed by atoms with Gasteiger partial charge in [0.25, 0.3) is 0 Å². The van der Waals surface area contributed by atoms with Gasteiger partial charge in [0.15, 0.2) is 0 Å². The van der Waals surface area contributed by atoms with E-state index < -0.39 is 0 Å². The van der Waals surface area contributed by atoms with Crippen molar-refractivity contribution in [2.45, 2.75) is 32.4 Å². The smallest absolute Gasteiger partial charge is 0.0573 e. The van der Waals surface area contributed by atoms with Gasteiger partial charge in [-0.05, 0) is 6.42 Å². The Morgan fingerprint density at radius 1 is 1.23 bits per heavy atom. The molecule has 0 saturated carbocycles. The summed E-state index contributed by atoms with van der Waals surface area (Å²) in [4.78, 5) is 1.91. The molecular formula is C9H22N2O2. The van der Waals surface area contributed by atoms with Crippen molar-refractivity contribution in [1.82, 2.24) is 4.90 Å². The maximum atomic E-state index is 8.76. The van der Waals surface area contributed by atoms with Crippen molar-refractivity contribution in [3.8, 4) is 0 Å². The molecule has 0 aliphatic rings. The van der Waals surface area contributed by atoms with E-state index in [9.17, 15) is 0 Å². The number of nitrogens with zero attached hydrogens (tertiary/aromatic N) is 1. The van der Waals surface area contributed by atoms with Crippen LogP contribution in [0.15, 0.2) is 0 Å². The molecule has 0 spiro atoms. The molecule has 4 nitrogen and oxygen atoms in total. The fourth-order valence-electron chi connectivity index (χ4n) is 1.30. The number of hydrogen-bond donors (Lipinski definition) is 3. The highest BCUT2D eigenvalue weighted by Gasteiger charge is 2.11. The highest BCUT2D eigenvalue weighted by Crippen LogP contribution is 2.03. The molecule has 0 aliphatic heterocycles. The van der Waals surface area contributed by atoms with Crippen LogP contribution in [0.1, 0.15) is 26.2 Å². The molecule has 13 heavy (non-hydrogen) atoms. The Labute approximate surface area is 80.3 Å². The second kappa shape index (κ2) is 8.44. The molecule has 80 valence electrons. The molecule has 0 aromatic carbocycles. The number of unbranched alkanes of at least 4 members (excludes halogenated alkanes) is 1. The maximum Gasteiger partial charge on any atom is 0.0573 e. The Kier molecular flexibility index (Phi) is 8.33. The Morgan fingerprint density at radius 3 is 2.15 bits per heavy atom. The predicted octanol–water partition coefficient (Wildman–Crippen LogP) is -0.252. The van der Waals surface area contributed by atoms with E-state index >= 15 is 0 Å². The summed E-state index contributed by atoms with van der Waals surface area (Å²) in [5.74, 6) is 0. The Bertz CT molecular complexity index is 106. The van der Waals surface area contributed by atoms with Crippen molar-refractivity contribution in [2.75, 3.05) is 26.3 Å². The second-order valence-corrected chi connectivity index (χ2v) is 3.19. The van der Waals surface area contributed by atoms with Crippen molar-refractivity contribution in [3.63, 3.8) is 0 Å². The van der Waals surface area contributed by atoms with Crippen molar-refractivity contribution in [3.05, 3.63) is 0 Å². The lowest BCUT2D eigenvalue weighted by Crippen LogP contribution is -2.44. The third-order valence-corrected chi connectivity index (χ3v) is 2.10. The maximum absolute atomic E-state index is 8.76. The van der Waals surface area contributed by atoms with E-state index in [4.69, 9.17) is 15.9 Å². The summed E-state index contributed by atoms with van der Waals surface area (Å²) >= 11 is 0. The van der Waals surface area contributed by atoms with Gasteiger partial charge in [0.1, 0.15) is 0 Å². The zero-order valence-corrected chi connectivity index (χ0v) is 8.45. The Hall–Kier alpha value is -0.160. The fourth-order valence-corrected chi connectivity index (χ4v) is 1.30. The average Bonchev–Trinajstić information content (AvgIpc) is 2.14. The topological polar surface area (TPSA) is 69.7 Å². The average molecular weight is 190 g/mol. The summed E-state index contributed by atoms with van der Waals surface area (Å²) in [6.45, 7) is 3.41. The molecule has 0 fully saturated rings. The first-order valence-electron chi connectivity index (χ1n) is 4.97. The number of rotatable bonds is 8. The summed E-state index contributed by atoms with van der Waals surface area (Å²) in [5, 5.41) is 17.5. The standard InChI is InChI=1S/C9H22N2O2/c1-2-3-4-9(10)11(5-7-12)6-8-13/h9,12-13H,2-8,10H2,1H3. The van der Waals surface area contributed by atoms with E-state index in [0.717, 1.165) is 19.3 Å². The first-order valence-corrected chi connectivity index (χ1v) is 4.97. The molecule has 1 unspecified atom stereocenters. The van der Waals surface area contributed by atoms with Crippen LogP contribution in [0, 0.1) is 0 Å². The molecule has 0 saturated heterocycles. The highest BCUT2D eigenvalue weighted by molar-refractivity contribution is 4.65. The van der Waals surface area contributed by atoms with Gasteiger partial charge < -0.3 is 15.9 Å². The number of aliphatic hydroxyl groups excluding tert-OH is 2. The summed E-state index contributed by atoms with van der Waals surface area (Å²) < 4.78 is 0. The summed E-state index contributed by atoms with van der Waals surface area (Å²) in [6, 6.07) is 0. The van der Waals surface area contributed by atoms with E-state index in [2.05, 4.69) is 6.92 Å². The van der Waals surface area contributed by atoms with Crippen LogP contribution in [-0.4, -0.2) is 47.6 Å². The van der Waals surface area contributed by atoms with Gasteiger partial charge >= 0.3 is 0 Å². The van der Waals surface area contributed by atoms with Crippen LogP contribution >= 0.6 is 0 Å². The van der Waals surface area contributed by atoms with E-state index in [0.29, 0.717) is 13.1 Å². The molecule has 0 amide bonds. The molecule has 0 bridgehead atoms. The van der Waals surface area contributed by atoms with E-state index in [-0.39, 0.29) is 19.4 Å². The van der Waals surface area contributed by atoms with Crippen LogP contribution < -0.4 is 5.73 Å². The zero-order chi connectivity index (χ0) is 10.1. The van der Waals surface area contributed by atoms with Gasteiger partial charge in [0.05, 0.1) is 19.4 Å². The van der Waals surface area contributed by atoms with Gasteiger partial charge in [0.2, 0.25) is 0 Å². The molecule has 0 aliphatic carbocycles. The molecule has 0 rings (SSSR count). The molecule has 0 radical (unpaired) electrons. The number of hydrogen-bond acceptors (Lipinski definition) is 4. The lowest BCUT2D eigenvalue weighted by atomic mass is 10.2. The van der Waals surface area contributed by atoms with Crippen molar-refractivity contribution in [1.29, 1.82) is 0 Å². The molecule has 1 atom stereocenters. The predicted molar refractivity (Wildman–Crippen MR) is 53.2 cm³/mol. The summed E-state index contributed by atoms with van der Waals surface area (Å²) in [6.07, 6.45) is 3.12. The molecule has 0 aromatic rings. The van der Waals surface area contributed by atoms with E-state index in [1.807, 2.05) is 4.90 Å².